The Hall–Kier alpha value is -1.66. The number of carbonyl (C=O) groups is 1. The third kappa shape index (κ3) is 3.65. The summed E-state index contributed by atoms with van der Waals surface area (Å²) in [6.07, 6.45) is -0.392. The Morgan fingerprint density at radius 3 is 3.05 bits per heavy atom. The lowest BCUT2D eigenvalue weighted by Gasteiger charge is -2.05. The summed E-state index contributed by atoms with van der Waals surface area (Å²) in [5.41, 5.74) is 0.631. The third-order valence-corrected chi connectivity index (χ3v) is 3.41. The van der Waals surface area contributed by atoms with E-state index in [1.54, 1.807) is 25.2 Å². The van der Waals surface area contributed by atoms with E-state index in [9.17, 15) is 4.79 Å². The largest absolute Gasteiger partial charge is 0.440 e. The number of nitrogens with zero attached hydrogens (tertiary/aromatic N) is 1. The predicted octanol–water partition coefficient (Wildman–Crippen LogP) is 1.75. The van der Waals surface area contributed by atoms with E-state index < -0.39 is 6.10 Å². The van der Waals surface area contributed by atoms with Crippen molar-refractivity contribution in [3.8, 4) is 10.8 Å². The van der Waals surface area contributed by atoms with Crippen LogP contribution in [0.3, 0.4) is 0 Å². The van der Waals surface area contributed by atoms with Crippen LogP contribution < -0.4 is 5.32 Å². The zero-order valence-corrected chi connectivity index (χ0v) is 11.7. The molecule has 19 heavy (non-hydrogen) atoms. The second-order valence-corrected chi connectivity index (χ2v) is 5.28. The van der Waals surface area contributed by atoms with Crippen LogP contribution in [0.1, 0.15) is 18.4 Å². The number of thiophene rings is 1. The predicted molar refractivity (Wildman–Crippen MR) is 72.9 cm³/mol. The molecule has 102 valence electrons. The first kappa shape index (κ1) is 13.8. The molecule has 0 saturated heterocycles. The summed E-state index contributed by atoms with van der Waals surface area (Å²) in [4.78, 5) is 16.9. The zero-order valence-electron chi connectivity index (χ0n) is 10.8. The number of hydrogen-bond acceptors (Lipinski definition) is 5. The molecule has 0 radical (unpaired) electrons. The number of hydrogen-bond donors (Lipinski definition) is 2. The molecule has 2 rings (SSSR count). The summed E-state index contributed by atoms with van der Waals surface area (Å²) in [5, 5.41) is 13.7. The lowest BCUT2D eigenvalue weighted by atomic mass is 10.2. The molecular formula is C13H16N2O3S. The lowest BCUT2D eigenvalue weighted by molar-refractivity contribution is -0.120. The minimum absolute atomic E-state index is 0.160. The molecule has 0 aromatic carbocycles. The monoisotopic (exact) mass is 280 g/mol. The van der Waals surface area contributed by atoms with E-state index >= 15 is 0 Å². The fourth-order valence-corrected chi connectivity index (χ4v) is 2.22. The number of aliphatic hydroxyl groups excluding tert-OH is 1. The van der Waals surface area contributed by atoms with Crippen molar-refractivity contribution < 1.29 is 14.3 Å². The van der Waals surface area contributed by atoms with Crippen molar-refractivity contribution in [1.29, 1.82) is 0 Å². The maximum absolute atomic E-state index is 11.7. The zero-order chi connectivity index (χ0) is 13.8. The molecular weight excluding hydrogens is 264 g/mol. The van der Waals surface area contributed by atoms with Gasteiger partial charge in [-0.05, 0) is 25.3 Å². The summed E-state index contributed by atoms with van der Waals surface area (Å²) >= 11 is 1.54. The number of nitrogens with one attached hydrogen (secondary N) is 1. The van der Waals surface area contributed by atoms with Crippen LogP contribution in [-0.4, -0.2) is 28.6 Å². The highest BCUT2D eigenvalue weighted by Gasteiger charge is 2.15. The first-order valence-electron chi connectivity index (χ1n) is 6.01. The van der Waals surface area contributed by atoms with Gasteiger partial charge in [-0.15, -0.1) is 11.3 Å². The van der Waals surface area contributed by atoms with Crippen molar-refractivity contribution in [3.63, 3.8) is 0 Å². The van der Waals surface area contributed by atoms with Crippen molar-refractivity contribution in [1.82, 2.24) is 10.3 Å². The summed E-state index contributed by atoms with van der Waals surface area (Å²) in [6, 6.07) is 3.85. The summed E-state index contributed by atoms with van der Waals surface area (Å²) in [7, 11) is 0. The normalized spacial score (nSPS) is 12.4. The van der Waals surface area contributed by atoms with Gasteiger partial charge >= 0.3 is 0 Å². The van der Waals surface area contributed by atoms with Gasteiger partial charge in [0.1, 0.15) is 5.76 Å². The highest BCUT2D eigenvalue weighted by atomic mass is 32.1. The van der Waals surface area contributed by atoms with Crippen LogP contribution in [0.2, 0.25) is 0 Å². The molecule has 0 saturated carbocycles. The van der Waals surface area contributed by atoms with E-state index in [0.29, 0.717) is 17.3 Å². The van der Waals surface area contributed by atoms with Gasteiger partial charge in [0.25, 0.3) is 0 Å². The molecule has 2 aromatic rings. The Morgan fingerprint density at radius 2 is 2.42 bits per heavy atom. The number of aliphatic hydroxyl groups is 1. The van der Waals surface area contributed by atoms with E-state index in [2.05, 4.69) is 10.3 Å². The molecule has 2 aromatic heterocycles. The Labute approximate surface area is 115 Å². The molecule has 0 bridgehead atoms. The van der Waals surface area contributed by atoms with Gasteiger partial charge in [-0.1, -0.05) is 6.07 Å². The number of carbonyl (C=O) groups excluding carboxylic acids is 1. The van der Waals surface area contributed by atoms with Gasteiger partial charge in [0, 0.05) is 6.54 Å². The molecule has 5 nitrogen and oxygen atoms in total. The number of aryl methyl sites for hydroxylation is 1. The van der Waals surface area contributed by atoms with E-state index in [1.165, 1.54) is 0 Å². The van der Waals surface area contributed by atoms with Gasteiger partial charge < -0.3 is 14.8 Å². The van der Waals surface area contributed by atoms with Crippen molar-refractivity contribution in [2.24, 2.45) is 0 Å². The fraction of sp³-hybridized carbons (Fsp3) is 0.385. The lowest BCUT2D eigenvalue weighted by Crippen LogP contribution is -2.31. The Balaban J connectivity index is 2.03. The summed E-state index contributed by atoms with van der Waals surface area (Å²) < 4.78 is 5.56. The average Bonchev–Trinajstić information content (AvgIpc) is 2.97. The number of amides is 1. The quantitative estimate of drug-likeness (QED) is 0.875. The summed E-state index contributed by atoms with van der Waals surface area (Å²) in [6.45, 7) is 3.66. The van der Waals surface area contributed by atoms with Gasteiger partial charge in [0.05, 0.1) is 23.1 Å². The van der Waals surface area contributed by atoms with Crippen LogP contribution in [0.4, 0.5) is 0 Å². The van der Waals surface area contributed by atoms with Crippen molar-refractivity contribution >= 4 is 17.2 Å². The van der Waals surface area contributed by atoms with E-state index in [1.807, 2.05) is 17.5 Å². The van der Waals surface area contributed by atoms with E-state index in [0.717, 1.165) is 4.88 Å². The van der Waals surface area contributed by atoms with Gasteiger partial charge in [0.2, 0.25) is 11.8 Å². The second-order valence-electron chi connectivity index (χ2n) is 4.33. The van der Waals surface area contributed by atoms with Crippen LogP contribution >= 0.6 is 11.3 Å². The van der Waals surface area contributed by atoms with Crippen molar-refractivity contribution in [2.75, 3.05) is 6.54 Å². The first-order valence-corrected chi connectivity index (χ1v) is 6.89. The molecule has 2 N–H and O–H groups in total. The van der Waals surface area contributed by atoms with Crippen LogP contribution in [0, 0.1) is 6.92 Å². The van der Waals surface area contributed by atoms with E-state index in [-0.39, 0.29) is 18.9 Å². The summed E-state index contributed by atoms with van der Waals surface area (Å²) in [5.74, 6) is 1.02. The molecule has 1 unspecified atom stereocenters. The Bertz CT molecular complexity index is 546. The maximum Gasteiger partial charge on any atom is 0.236 e. The van der Waals surface area contributed by atoms with Gasteiger partial charge in [-0.2, -0.15) is 0 Å². The second kappa shape index (κ2) is 5.99. The highest BCUT2D eigenvalue weighted by molar-refractivity contribution is 7.13. The van der Waals surface area contributed by atoms with E-state index in [4.69, 9.17) is 9.52 Å². The SMILES string of the molecule is Cc1oc(-c2cccs2)nc1CC(=O)NCC(C)O. The number of oxazole rings is 1. The molecule has 0 aliphatic heterocycles. The van der Waals surface area contributed by atoms with Gasteiger partial charge in [-0.25, -0.2) is 4.98 Å². The van der Waals surface area contributed by atoms with Gasteiger partial charge in [-0.3, -0.25) is 4.79 Å². The topological polar surface area (TPSA) is 75.4 Å². The molecule has 6 heteroatoms. The Morgan fingerprint density at radius 1 is 1.63 bits per heavy atom. The fourth-order valence-electron chi connectivity index (χ4n) is 1.57. The highest BCUT2D eigenvalue weighted by Crippen LogP contribution is 2.25. The van der Waals surface area contributed by atoms with Crippen LogP contribution in [0.5, 0.6) is 0 Å². The Kier molecular flexibility index (Phi) is 4.34. The smallest absolute Gasteiger partial charge is 0.236 e. The van der Waals surface area contributed by atoms with Gasteiger partial charge in [0.15, 0.2) is 0 Å². The van der Waals surface area contributed by atoms with Crippen molar-refractivity contribution in [2.45, 2.75) is 26.4 Å². The first-order chi connectivity index (χ1) is 9.06. The molecule has 0 aliphatic rings. The maximum atomic E-state index is 11.7. The molecule has 1 amide bonds. The average molecular weight is 280 g/mol. The van der Waals surface area contributed by atoms with Crippen molar-refractivity contribution in [3.05, 3.63) is 29.0 Å². The minimum atomic E-state index is -0.552. The number of rotatable bonds is 5. The molecule has 0 aliphatic carbocycles. The molecule has 1 atom stereocenters. The molecule has 2 heterocycles. The van der Waals surface area contributed by atoms with Crippen LogP contribution in [0.15, 0.2) is 21.9 Å². The standard InChI is InChI=1S/C13H16N2O3S/c1-8(16)7-14-12(17)6-10-9(2)18-13(15-10)11-4-3-5-19-11/h3-5,8,16H,6-7H2,1-2H3,(H,14,17). The van der Waals surface area contributed by atoms with Crippen LogP contribution in [0.25, 0.3) is 10.8 Å². The number of aromatic nitrogens is 1. The molecule has 0 fully saturated rings. The third-order valence-electron chi connectivity index (χ3n) is 2.55. The molecule has 0 spiro atoms. The van der Waals surface area contributed by atoms with Crippen LogP contribution in [-0.2, 0) is 11.2 Å². The minimum Gasteiger partial charge on any atom is -0.440 e.